The first kappa shape index (κ1) is 14.8. The lowest BCUT2D eigenvalue weighted by molar-refractivity contribution is -0.138. The van der Waals surface area contributed by atoms with Gasteiger partial charge in [-0.1, -0.05) is 0 Å². The van der Waals surface area contributed by atoms with Crippen LogP contribution in [0, 0.1) is 14.9 Å². The van der Waals surface area contributed by atoms with Crippen molar-refractivity contribution < 1.29 is 22.7 Å². The molecule has 0 aliphatic carbocycles. The zero-order chi connectivity index (χ0) is 13.9. The maximum absolute atomic E-state index is 12.8. The smallest absolute Gasteiger partial charge is 0.417 e. The van der Waals surface area contributed by atoms with Gasteiger partial charge in [0.2, 0.25) is 0 Å². The summed E-state index contributed by atoms with van der Waals surface area (Å²) in [6.07, 6.45) is -4.71. The van der Waals surface area contributed by atoms with Crippen molar-refractivity contribution in [2.75, 3.05) is 6.61 Å². The minimum Gasteiger partial charge on any atom is -0.462 e. The Labute approximate surface area is 115 Å². The van der Waals surface area contributed by atoms with E-state index in [4.69, 9.17) is 5.26 Å². The first-order valence-electron chi connectivity index (χ1n) is 4.79. The SMILES string of the molecule is CCOC(=O)c1cc(I)c(C#N)cc1C(F)(F)F. The van der Waals surface area contributed by atoms with Gasteiger partial charge >= 0.3 is 12.1 Å². The van der Waals surface area contributed by atoms with Gasteiger partial charge in [0.05, 0.1) is 23.3 Å². The highest BCUT2D eigenvalue weighted by atomic mass is 127. The lowest BCUT2D eigenvalue weighted by atomic mass is 10.0. The summed E-state index contributed by atoms with van der Waals surface area (Å²) in [6, 6.07) is 3.32. The highest BCUT2D eigenvalue weighted by Crippen LogP contribution is 2.34. The Morgan fingerprint density at radius 3 is 2.56 bits per heavy atom. The zero-order valence-corrected chi connectivity index (χ0v) is 11.3. The van der Waals surface area contributed by atoms with Crippen molar-refractivity contribution in [2.24, 2.45) is 0 Å². The van der Waals surface area contributed by atoms with Crippen molar-refractivity contribution in [3.63, 3.8) is 0 Å². The van der Waals surface area contributed by atoms with Crippen LogP contribution >= 0.6 is 22.6 Å². The van der Waals surface area contributed by atoms with E-state index in [9.17, 15) is 18.0 Å². The number of alkyl halides is 3. The molecular formula is C11H7F3INO2. The summed E-state index contributed by atoms with van der Waals surface area (Å²) in [4.78, 5) is 11.5. The second-order valence-corrected chi connectivity index (χ2v) is 4.37. The molecule has 0 atom stereocenters. The maximum atomic E-state index is 12.8. The Balaban J connectivity index is 3.45. The molecular weight excluding hydrogens is 362 g/mol. The number of hydrogen-bond donors (Lipinski definition) is 0. The van der Waals surface area contributed by atoms with Crippen LogP contribution in [0.2, 0.25) is 0 Å². The largest absolute Gasteiger partial charge is 0.462 e. The van der Waals surface area contributed by atoms with Crippen LogP contribution in [0.5, 0.6) is 0 Å². The summed E-state index contributed by atoms with van der Waals surface area (Å²) < 4.78 is 43.2. The number of nitrogens with zero attached hydrogens (tertiary/aromatic N) is 1. The summed E-state index contributed by atoms with van der Waals surface area (Å²) in [5, 5.41) is 8.70. The topological polar surface area (TPSA) is 50.1 Å². The molecule has 3 nitrogen and oxygen atoms in total. The van der Waals surface area contributed by atoms with E-state index in [-0.39, 0.29) is 15.7 Å². The normalized spacial score (nSPS) is 10.9. The summed E-state index contributed by atoms with van der Waals surface area (Å²) in [5.41, 5.74) is -1.86. The predicted octanol–water partition coefficient (Wildman–Crippen LogP) is 3.36. The molecule has 0 fully saturated rings. The van der Waals surface area contributed by atoms with Crippen molar-refractivity contribution in [3.05, 3.63) is 32.4 Å². The summed E-state index contributed by atoms with van der Waals surface area (Å²) in [6.45, 7) is 1.48. The fourth-order valence-corrected chi connectivity index (χ4v) is 1.86. The molecule has 1 rings (SSSR count). The molecule has 7 heteroatoms. The van der Waals surface area contributed by atoms with Gasteiger partial charge in [0.1, 0.15) is 6.07 Å². The molecule has 0 N–H and O–H groups in total. The van der Waals surface area contributed by atoms with Gasteiger partial charge in [-0.25, -0.2) is 4.79 Å². The molecule has 0 amide bonds. The van der Waals surface area contributed by atoms with E-state index in [0.29, 0.717) is 6.07 Å². The first-order valence-corrected chi connectivity index (χ1v) is 5.87. The van der Waals surface area contributed by atoms with Crippen molar-refractivity contribution in [1.29, 1.82) is 5.26 Å². The van der Waals surface area contributed by atoms with Gasteiger partial charge in [-0.3, -0.25) is 0 Å². The molecule has 18 heavy (non-hydrogen) atoms. The molecule has 0 aliphatic heterocycles. The molecule has 0 spiro atoms. The van der Waals surface area contributed by atoms with Gasteiger partial charge in [-0.2, -0.15) is 18.4 Å². The van der Waals surface area contributed by atoms with Crippen LogP contribution in [-0.4, -0.2) is 12.6 Å². The molecule has 0 bridgehead atoms. The third kappa shape index (κ3) is 3.13. The van der Waals surface area contributed by atoms with E-state index in [2.05, 4.69) is 4.74 Å². The molecule has 96 valence electrons. The van der Waals surface area contributed by atoms with Crippen LogP contribution in [0.15, 0.2) is 12.1 Å². The number of carbonyl (C=O) groups excluding carboxylic acids is 1. The van der Waals surface area contributed by atoms with Gasteiger partial charge in [0.15, 0.2) is 0 Å². The minimum absolute atomic E-state index is 0.0211. The molecule has 0 radical (unpaired) electrons. The number of nitriles is 1. The number of benzene rings is 1. The van der Waals surface area contributed by atoms with Crippen LogP contribution in [0.4, 0.5) is 13.2 Å². The summed E-state index contributed by atoms with van der Waals surface area (Å²) in [5.74, 6) is -1.05. The van der Waals surface area contributed by atoms with E-state index in [0.717, 1.165) is 6.07 Å². The molecule has 1 aromatic carbocycles. The van der Waals surface area contributed by atoms with Crippen LogP contribution in [-0.2, 0) is 10.9 Å². The average molecular weight is 369 g/mol. The second-order valence-electron chi connectivity index (χ2n) is 3.21. The minimum atomic E-state index is -4.71. The maximum Gasteiger partial charge on any atom is 0.417 e. The Kier molecular flexibility index (Phi) is 4.56. The summed E-state index contributed by atoms with van der Waals surface area (Å²) in [7, 11) is 0. The molecule has 0 saturated carbocycles. The monoisotopic (exact) mass is 369 g/mol. The van der Waals surface area contributed by atoms with Gasteiger partial charge in [0.25, 0.3) is 0 Å². The van der Waals surface area contributed by atoms with E-state index < -0.39 is 23.3 Å². The molecule has 0 heterocycles. The van der Waals surface area contributed by atoms with Crippen LogP contribution < -0.4 is 0 Å². The van der Waals surface area contributed by atoms with Gasteiger partial charge < -0.3 is 4.74 Å². The number of halogens is 4. The van der Waals surface area contributed by atoms with Crippen LogP contribution in [0.1, 0.15) is 28.4 Å². The number of hydrogen-bond acceptors (Lipinski definition) is 3. The molecule has 0 saturated heterocycles. The lowest BCUT2D eigenvalue weighted by Crippen LogP contribution is -2.16. The fraction of sp³-hybridized carbons (Fsp3) is 0.273. The first-order chi connectivity index (χ1) is 8.31. The third-order valence-electron chi connectivity index (χ3n) is 2.03. The number of rotatable bonds is 2. The quantitative estimate of drug-likeness (QED) is 0.594. The molecule has 0 unspecified atom stereocenters. The van der Waals surface area contributed by atoms with Crippen LogP contribution in [0.25, 0.3) is 0 Å². The van der Waals surface area contributed by atoms with E-state index >= 15 is 0 Å². The Morgan fingerprint density at radius 2 is 2.11 bits per heavy atom. The van der Waals surface area contributed by atoms with Gasteiger partial charge in [-0.05, 0) is 41.6 Å². The standard InChI is InChI=1S/C11H7F3INO2/c1-2-18-10(17)7-4-9(15)6(5-16)3-8(7)11(12,13)14/h3-4H,2H2,1H3. The van der Waals surface area contributed by atoms with Crippen molar-refractivity contribution >= 4 is 28.6 Å². The average Bonchev–Trinajstić information content (AvgIpc) is 2.27. The highest BCUT2D eigenvalue weighted by Gasteiger charge is 2.36. The molecule has 0 aliphatic rings. The van der Waals surface area contributed by atoms with E-state index in [1.165, 1.54) is 6.92 Å². The number of ether oxygens (including phenoxy) is 1. The number of carbonyl (C=O) groups is 1. The molecule has 1 aromatic rings. The third-order valence-corrected chi connectivity index (χ3v) is 2.92. The van der Waals surface area contributed by atoms with E-state index in [1.807, 2.05) is 0 Å². The van der Waals surface area contributed by atoms with Gasteiger partial charge in [-0.15, -0.1) is 0 Å². The number of esters is 1. The van der Waals surface area contributed by atoms with Crippen LogP contribution in [0.3, 0.4) is 0 Å². The van der Waals surface area contributed by atoms with Crippen molar-refractivity contribution in [1.82, 2.24) is 0 Å². The van der Waals surface area contributed by atoms with Crippen molar-refractivity contribution in [2.45, 2.75) is 13.1 Å². The highest BCUT2D eigenvalue weighted by molar-refractivity contribution is 14.1. The van der Waals surface area contributed by atoms with E-state index in [1.54, 1.807) is 28.7 Å². The second kappa shape index (κ2) is 5.56. The predicted molar refractivity (Wildman–Crippen MR) is 64.8 cm³/mol. The molecule has 0 aromatic heterocycles. The van der Waals surface area contributed by atoms with Crippen molar-refractivity contribution in [3.8, 4) is 6.07 Å². The fourth-order valence-electron chi connectivity index (χ4n) is 1.27. The Bertz CT molecular complexity index is 520. The van der Waals surface area contributed by atoms with Gasteiger partial charge in [0, 0.05) is 3.57 Å². The lowest BCUT2D eigenvalue weighted by Gasteiger charge is -2.13. The Morgan fingerprint density at radius 1 is 1.50 bits per heavy atom. The zero-order valence-electron chi connectivity index (χ0n) is 9.14. The summed E-state index contributed by atoms with van der Waals surface area (Å²) >= 11 is 1.69. The Hall–Kier alpha value is -1.30.